The maximum absolute atomic E-state index is 7.07. The summed E-state index contributed by atoms with van der Waals surface area (Å²) in [5.74, 6) is 0. The normalized spacial score (nSPS) is 14.2. The van der Waals surface area contributed by atoms with Gasteiger partial charge in [0.25, 0.3) is 0 Å². The van der Waals surface area contributed by atoms with Crippen molar-refractivity contribution in [2.45, 2.75) is 41.2 Å². The van der Waals surface area contributed by atoms with E-state index in [1.807, 2.05) is 0 Å². The molecule has 0 spiro atoms. The van der Waals surface area contributed by atoms with Crippen LogP contribution in [0.3, 0.4) is 0 Å². The minimum atomic E-state index is -2.13. The van der Waals surface area contributed by atoms with Crippen molar-refractivity contribution in [3.63, 3.8) is 0 Å². The number of aryl methyl sites for hydroxylation is 4. The van der Waals surface area contributed by atoms with Crippen LogP contribution in [0.15, 0.2) is 30.3 Å². The van der Waals surface area contributed by atoms with E-state index >= 15 is 0 Å². The van der Waals surface area contributed by atoms with Crippen LogP contribution in [0, 0.1) is 34.6 Å². The van der Waals surface area contributed by atoms with Gasteiger partial charge in [0, 0.05) is 0 Å². The van der Waals surface area contributed by atoms with E-state index in [4.69, 9.17) is 11.1 Å². The van der Waals surface area contributed by atoms with Crippen LogP contribution in [0.4, 0.5) is 0 Å². The molecule has 0 amide bonds. The third-order valence-corrected chi connectivity index (χ3v) is 8.29. The van der Waals surface area contributed by atoms with Gasteiger partial charge in [-0.2, -0.15) is 11.1 Å². The van der Waals surface area contributed by atoms with Crippen molar-refractivity contribution >= 4 is 28.8 Å². The highest BCUT2D eigenvalue weighted by molar-refractivity contribution is 7.33. The third-order valence-electron chi connectivity index (χ3n) is 4.23. The number of halogens is 1. The summed E-state index contributed by atoms with van der Waals surface area (Å²) < 4.78 is 0. The van der Waals surface area contributed by atoms with Gasteiger partial charge in [0.2, 0.25) is 7.38 Å². The van der Waals surface area contributed by atoms with E-state index in [1.165, 1.54) is 38.2 Å². The number of hydrogen-bond acceptors (Lipinski definition) is 0. The summed E-state index contributed by atoms with van der Waals surface area (Å²) in [7, 11) is -2.13. The van der Waals surface area contributed by atoms with Crippen LogP contribution < -0.4 is 10.4 Å². The molecule has 2 rings (SSSR count). The van der Waals surface area contributed by atoms with E-state index in [-0.39, 0.29) is 0 Å². The first-order valence-electron chi connectivity index (χ1n) is 7.08. The van der Waals surface area contributed by atoms with Crippen LogP contribution in [0.5, 0.6) is 0 Å². The molecule has 2 heteroatoms. The van der Waals surface area contributed by atoms with Crippen LogP contribution in [-0.4, -0.2) is 7.38 Å². The molecule has 20 heavy (non-hydrogen) atoms. The van der Waals surface area contributed by atoms with Crippen molar-refractivity contribution < 1.29 is 0 Å². The molecule has 1 atom stereocenters. The Bertz CT molecular complexity index is 613. The minimum absolute atomic E-state index is 1.29. The first-order chi connectivity index (χ1) is 9.21. The van der Waals surface area contributed by atoms with E-state index in [9.17, 15) is 0 Å². The van der Waals surface area contributed by atoms with Gasteiger partial charge in [0.05, 0.1) is 0 Å². The van der Waals surface area contributed by atoms with Crippen molar-refractivity contribution in [3.05, 3.63) is 58.1 Å². The Morgan fingerprint density at radius 3 is 1.55 bits per heavy atom. The first-order valence-corrected chi connectivity index (χ1v) is 10.6. The van der Waals surface area contributed by atoms with Crippen LogP contribution in [-0.2, 0) is 0 Å². The highest BCUT2D eigenvalue weighted by Gasteiger charge is 2.30. The molecule has 0 aliphatic heterocycles. The maximum Gasteiger partial charge on any atom is 0.214 e. The molecule has 0 saturated heterocycles. The van der Waals surface area contributed by atoms with Gasteiger partial charge >= 0.3 is 0 Å². The summed E-state index contributed by atoms with van der Waals surface area (Å²) in [6.45, 7) is 13.0. The zero-order valence-corrected chi connectivity index (χ0v) is 15.0. The molecular weight excluding hydrogens is 280 g/mol. The number of hydrogen-bond donors (Lipinski definition) is 0. The summed E-state index contributed by atoms with van der Waals surface area (Å²) in [6.07, 6.45) is 0. The van der Waals surface area contributed by atoms with E-state index < -0.39 is 7.38 Å². The molecule has 2 aromatic carbocycles. The molecule has 0 aliphatic rings. The summed E-state index contributed by atoms with van der Waals surface area (Å²) in [5, 5.41) is 2.61. The Morgan fingerprint density at radius 1 is 0.700 bits per heavy atom. The Hall–Kier alpha value is -1.05. The minimum Gasteiger partial charge on any atom is -0.155 e. The second kappa shape index (κ2) is 5.38. The Morgan fingerprint density at radius 2 is 1.10 bits per heavy atom. The van der Waals surface area contributed by atoms with Crippen molar-refractivity contribution in [3.8, 4) is 0 Å². The second-order valence-corrected chi connectivity index (χ2v) is 11.5. The highest BCUT2D eigenvalue weighted by Crippen LogP contribution is 2.17. The molecule has 0 fully saturated rings. The molecule has 0 saturated carbocycles. The monoisotopic (exact) mass is 302 g/mol. The van der Waals surface area contributed by atoms with E-state index in [1.54, 1.807) is 0 Å². The lowest BCUT2D eigenvalue weighted by Gasteiger charge is -2.23. The summed E-state index contributed by atoms with van der Waals surface area (Å²) in [6, 6.07) is 11.3. The fraction of sp³-hybridized carbons (Fsp3) is 0.333. The summed E-state index contributed by atoms with van der Waals surface area (Å²) >= 11 is 7.07. The van der Waals surface area contributed by atoms with E-state index in [0.717, 1.165) is 0 Å². The smallest absolute Gasteiger partial charge is 0.155 e. The largest absolute Gasteiger partial charge is 0.214 e. The fourth-order valence-electron chi connectivity index (χ4n) is 2.72. The van der Waals surface area contributed by atoms with Gasteiger partial charge in [-0.1, -0.05) is 41.5 Å². The molecule has 1 unspecified atom stereocenters. The molecule has 0 bridgehead atoms. The quantitative estimate of drug-likeness (QED) is 0.577. The molecule has 2 aromatic rings. The fourth-order valence-corrected chi connectivity index (χ4v) is 5.68. The van der Waals surface area contributed by atoms with Crippen molar-refractivity contribution in [1.82, 2.24) is 0 Å². The molecule has 0 N–H and O–H groups in total. The Balaban J connectivity index is 2.59. The van der Waals surface area contributed by atoms with Crippen LogP contribution >= 0.6 is 11.1 Å². The maximum atomic E-state index is 7.07. The number of benzene rings is 2. The average molecular weight is 303 g/mol. The van der Waals surface area contributed by atoms with Crippen molar-refractivity contribution in [2.75, 3.05) is 0 Å². The van der Waals surface area contributed by atoms with Crippen molar-refractivity contribution in [2.24, 2.45) is 0 Å². The van der Waals surface area contributed by atoms with Crippen LogP contribution in [0.25, 0.3) is 0 Å². The molecule has 0 nitrogen and oxygen atoms in total. The van der Waals surface area contributed by atoms with E-state index in [0.29, 0.717) is 0 Å². The lowest BCUT2D eigenvalue weighted by Crippen LogP contribution is -2.51. The van der Waals surface area contributed by atoms with Crippen LogP contribution in [0.1, 0.15) is 27.8 Å². The van der Waals surface area contributed by atoms with Gasteiger partial charge in [-0.15, -0.1) is 0 Å². The first kappa shape index (κ1) is 15.3. The third kappa shape index (κ3) is 2.84. The lowest BCUT2D eigenvalue weighted by atomic mass is 10.1. The zero-order chi connectivity index (χ0) is 15.1. The molecule has 0 aromatic heterocycles. The molecule has 106 valence electrons. The zero-order valence-electron chi connectivity index (χ0n) is 13.3. The Labute approximate surface area is 128 Å². The van der Waals surface area contributed by atoms with E-state index in [2.05, 4.69) is 71.5 Å². The van der Waals surface area contributed by atoms with Gasteiger partial charge in [-0.05, 0) is 68.2 Å². The predicted octanol–water partition coefficient (Wildman–Crippen LogP) is 4.16. The highest BCUT2D eigenvalue weighted by atomic mass is 35.6. The van der Waals surface area contributed by atoms with Gasteiger partial charge in [-0.3, -0.25) is 0 Å². The predicted molar refractivity (Wildman–Crippen MR) is 93.3 cm³/mol. The van der Waals surface area contributed by atoms with Crippen LogP contribution in [0.2, 0.25) is 6.55 Å². The standard InChI is InChI=1S/C18H23ClSi/c1-12-7-13(2)9-17(8-12)20(6,19)18-10-14(3)16(5)15(4)11-18/h7-11H,1-6H3. The molecular formula is C18H23ClSi. The second-order valence-electron chi connectivity index (χ2n) is 6.11. The topological polar surface area (TPSA) is 0 Å². The summed E-state index contributed by atoms with van der Waals surface area (Å²) in [5.41, 5.74) is 6.63. The van der Waals surface area contributed by atoms with Gasteiger partial charge in [0.15, 0.2) is 0 Å². The number of rotatable bonds is 2. The van der Waals surface area contributed by atoms with Crippen molar-refractivity contribution in [1.29, 1.82) is 0 Å². The van der Waals surface area contributed by atoms with Gasteiger partial charge in [-0.25, -0.2) is 0 Å². The summed E-state index contributed by atoms with van der Waals surface area (Å²) in [4.78, 5) is 0. The lowest BCUT2D eigenvalue weighted by molar-refractivity contribution is 1.28. The molecule has 0 heterocycles. The average Bonchev–Trinajstić information content (AvgIpc) is 2.34. The molecule has 0 radical (unpaired) electrons. The molecule has 0 aliphatic carbocycles. The SMILES string of the molecule is Cc1cc(C)cc([Si](C)(Cl)c2cc(C)c(C)c(C)c2)c1. The van der Waals surface area contributed by atoms with Gasteiger partial charge in [0.1, 0.15) is 0 Å². The van der Waals surface area contributed by atoms with Gasteiger partial charge < -0.3 is 0 Å². The Kier molecular flexibility index (Phi) is 4.13.